The highest BCUT2D eigenvalue weighted by Gasteiger charge is 2.39. The molecule has 0 bridgehead atoms. The van der Waals surface area contributed by atoms with Crippen LogP contribution in [0.5, 0.6) is 0 Å². The Hall–Kier alpha value is -1.17. The van der Waals surface area contributed by atoms with Crippen LogP contribution in [0.1, 0.15) is 29.3 Å². The summed E-state index contributed by atoms with van der Waals surface area (Å²) < 4.78 is 37.6. The molecule has 1 atom stereocenters. The third-order valence-corrected chi connectivity index (χ3v) is 4.88. The molecule has 1 amide bonds. The van der Waals surface area contributed by atoms with E-state index in [0.29, 0.717) is 6.54 Å². The lowest BCUT2D eigenvalue weighted by molar-refractivity contribution is -0.137. The highest BCUT2D eigenvalue weighted by molar-refractivity contribution is 7.99. The Bertz CT molecular complexity index is 510. The molecule has 6 heteroatoms. The number of nitrogens with zero attached hydrogens (tertiary/aromatic N) is 1. The van der Waals surface area contributed by atoms with Gasteiger partial charge in [-0.3, -0.25) is 4.79 Å². The molecule has 1 aliphatic carbocycles. The molecule has 2 fully saturated rings. The van der Waals surface area contributed by atoms with Crippen LogP contribution in [0, 0.1) is 5.92 Å². The van der Waals surface area contributed by atoms with Gasteiger partial charge in [0.15, 0.2) is 0 Å². The SMILES string of the molecule is O=C(C1CC1)N1CCSC1c1ccc(C(F)(F)F)cc1. The van der Waals surface area contributed by atoms with Crippen LogP contribution >= 0.6 is 11.8 Å². The predicted octanol–water partition coefficient (Wildman–Crippen LogP) is 3.69. The van der Waals surface area contributed by atoms with E-state index in [4.69, 9.17) is 0 Å². The average molecular weight is 301 g/mol. The number of alkyl halides is 3. The Kier molecular flexibility index (Phi) is 3.44. The van der Waals surface area contributed by atoms with Gasteiger partial charge in [0, 0.05) is 18.2 Å². The summed E-state index contributed by atoms with van der Waals surface area (Å²) in [6, 6.07) is 5.15. The normalized spacial score (nSPS) is 23.1. The summed E-state index contributed by atoms with van der Waals surface area (Å²) >= 11 is 1.61. The molecular weight excluding hydrogens is 287 g/mol. The van der Waals surface area contributed by atoms with Crippen LogP contribution < -0.4 is 0 Å². The lowest BCUT2D eigenvalue weighted by Gasteiger charge is -2.24. The van der Waals surface area contributed by atoms with Crippen molar-refractivity contribution < 1.29 is 18.0 Å². The van der Waals surface area contributed by atoms with Gasteiger partial charge in [0.05, 0.1) is 5.56 Å². The molecule has 1 aromatic carbocycles. The van der Waals surface area contributed by atoms with Crippen molar-refractivity contribution >= 4 is 17.7 Å². The van der Waals surface area contributed by atoms with Crippen LogP contribution in [0.25, 0.3) is 0 Å². The quantitative estimate of drug-likeness (QED) is 0.830. The van der Waals surface area contributed by atoms with Gasteiger partial charge < -0.3 is 4.90 Å². The number of carbonyl (C=O) groups is 1. The van der Waals surface area contributed by atoms with E-state index >= 15 is 0 Å². The summed E-state index contributed by atoms with van der Waals surface area (Å²) in [5.41, 5.74) is 0.124. The molecule has 1 saturated heterocycles. The minimum Gasteiger partial charge on any atom is -0.325 e. The maximum Gasteiger partial charge on any atom is 0.416 e. The molecule has 3 rings (SSSR count). The van der Waals surface area contributed by atoms with Crippen LogP contribution in [0.15, 0.2) is 24.3 Å². The van der Waals surface area contributed by atoms with Gasteiger partial charge in [-0.1, -0.05) is 12.1 Å². The average Bonchev–Trinajstić information content (AvgIpc) is 3.14. The van der Waals surface area contributed by atoms with Crippen LogP contribution in [-0.2, 0) is 11.0 Å². The maximum absolute atomic E-state index is 12.5. The van der Waals surface area contributed by atoms with Gasteiger partial charge in [-0.05, 0) is 30.5 Å². The second-order valence-corrected chi connectivity index (χ2v) is 6.34. The molecule has 0 spiro atoms. The number of halogens is 3. The van der Waals surface area contributed by atoms with Crippen LogP contribution in [0.4, 0.5) is 13.2 Å². The molecule has 0 radical (unpaired) electrons. The number of hydrogen-bond donors (Lipinski definition) is 0. The largest absolute Gasteiger partial charge is 0.416 e. The van der Waals surface area contributed by atoms with Crippen LogP contribution in [0.3, 0.4) is 0 Å². The van der Waals surface area contributed by atoms with E-state index in [1.54, 1.807) is 11.8 Å². The highest BCUT2D eigenvalue weighted by Crippen LogP contribution is 2.42. The molecule has 108 valence electrons. The summed E-state index contributed by atoms with van der Waals surface area (Å²) in [5, 5.41) is -0.134. The maximum atomic E-state index is 12.5. The van der Waals surface area contributed by atoms with Crippen molar-refractivity contribution in [3.05, 3.63) is 35.4 Å². The standard InChI is InChI=1S/C14H14F3NOS/c15-14(16,17)11-5-3-10(4-6-11)13-18(7-8-20-13)12(19)9-1-2-9/h3-6,9,13H,1-2,7-8H2. The topological polar surface area (TPSA) is 20.3 Å². The lowest BCUT2D eigenvalue weighted by atomic mass is 10.1. The lowest BCUT2D eigenvalue weighted by Crippen LogP contribution is -2.31. The Morgan fingerprint density at radius 1 is 1.20 bits per heavy atom. The van der Waals surface area contributed by atoms with Crippen molar-refractivity contribution in [3.8, 4) is 0 Å². The van der Waals surface area contributed by atoms with E-state index in [1.807, 2.05) is 4.90 Å². The number of hydrogen-bond acceptors (Lipinski definition) is 2. The second-order valence-electron chi connectivity index (χ2n) is 5.15. The van der Waals surface area contributed by atoms with Crippen molar-refractivity contribution in [2.24, 2.45) is 5.92 Å². The van der Waals surface area contributed by atoms with Crippen molar-refractivity contribution in [3.63, 3.8) is 0 Å². The molecule has 1 aliphatic heterocycles. The Morgan fingerprint density at radius 2 is 1.85 bits per heavy atom. The molecule has 1 saturated carbocycles. The van der Waals surface area contributed by atoms with Gasteiger partial charge in [-0.15, -0.1) is 11.8 Å². The first-order valence-electron chi connectivity index (χ1n) is 6.56. The van der Waals surface area contributed by atoms with Gasteiger partial charge in [-0.2, -0.15) is 13.2 Å². The van der Waals surface area contributed by atoms with Gasteiger partial charge in [0.1, 0.15) is 5.37 Å². The molecule has 1 unspecified atom stereocenters. The molecule has 2 nitrogen and oxygen atoms in total. The molecule has 0 N–H and O–H groups in total. The first-order valence-corrected chi connectivity index (χ1v) is 7.61. The second kappa shape index (κ2) is 4.98. The van der Waals surface area contributed by atoms with E-state index < -0.39 is 11.7 Å². The zero-order chi connectivity index (χ0) is 14.3. The number of benzene rings is 1. The molecule has 2 aliphatic rings. The zero-order valence-corrected chi connectivity index (χ0v) is 11.5. The third-order valence-electron chi connectivity index (χ3n) is 3.62. The molecule has 0 aromatic heterocycles. The summed E-state index contributed by atoms with van der Waals surface area (Å²) in [6.07, 6.45) is -2.43. The van der Waals surface area contributed by atoms with Crippen molar-refractivity contribution in [2.45, 2.75) is 24.4 Å². The molecule has 1 aromatic rings. The van der Waals surface area contributed by atoms with Gasteiger partial charge in [0.25, 0.3) is 0 Å². The van der Waals surface area contributed by atoms with Gasteiger partial charge >= 0.3 is 6.18 Å². The fourth-order valence-corrected chi connectivity index (χ4v) is 3.64. The fourth-order valence-electron chi connectivity index (χ4n) is 2.37. The van der Waals surface area contributed by atoms with Crippen molar-refractivity contribution in [1.82, 2.24) is 4.90 Å². The van der Waals surface area contributed by atoms with E-state index in [0.717, 1.165) is 36.3 Å². The summed E-state index contributed by atoms with van der Waals surface area (Å²) in [7, 11) is 0. The third kappa shape index (κ3) is 2.66. The minimum atomic E-state index is -4.31. The molecular formula is C14H14F3NOS. The first-order chi connectivity index (χ1) is 9.47. The fraction of sp³-hybridized carbons (Fsp3) is 0.500. The number of rotatable bonds is 2. The minimum absolute atomic E-state index is 0.134. The van der Waals surface area contributed by atoms with Crippen molar-refractivity contribution in [2.75, 3.05) is 12.3 Å². The van der Waals surface area contributed by atoms with E-state index in [-0.39, 0.29) is 17.2 Å². The summed E-state index contributed by atoms with van der Waals surface area (Å²) in [4.78, 5) is 14.0. The van der Waals surface area contributed by atoms with Gasteiger partial charge in [-0.25, -0.2) is 0 Å². The van der Waals surface area contributed by atoms with Gasteiger partial charge in [0.2, 0.25) is 5.91 Å². The Morgan fingerprint density at radius 3 is 2.40 bits per heavy atom. The number of carbonyl (C=O) groups excluding carboxylic acids is 1. The number of thioether (sulfide) groups is 1. The Balaban J connectivity index is 1.79. The monoisotopic (exact) mass is 301 g/mol. The van der Waals surface area contributed by atoms with E-state index in [2.05, 4.69) is 0 Å². The molecule has 1 heterocycles. The molecule has 20 heavy (non-hydrogen) atoms. The van der Waals surface area contributed by atoms with Crippen LogP contribution in [0.2, 0.25) is 0 Å². The summed E-state index contributed by atoms with van der Waals surface area (Å²) in [6.45, 7) is 0.686. The van der Waals surface area contributed by atoms with E-state index in [1.165, 1.54) is 12.1 Å². The Labute approximate surface area is 119 Å². The smallest absolute Gasteiger partial charge is 0.325 e. The zero-order valence-electron chi connectivity index (χ0n) is 10.7. The highest BCUT2D eigenvalue weighted by atomic mass is 32.2. The van der Waals surface area contributed by atoms with E-state index in [9.17, 15) is 18.0 Å². The van der Waals surface area contributed by atoms with Crippen molar-refractivity contribution in [1.29, 1.82) is 0 Å². The number of amides is 1. The summed E-state index contributed by atoms with van der Waals surface area (Å²) in [5.74, 6) is 1.13. The first kappa shape index (κ1) is 13.8. The predicted molar refractivity (Wildman–Crippen MR) is 71.1 cm³/mol. The van der Waals surface area contributed by atoms with Crippen LogP contribution in [-0.4, -0.2) is 23.1 Å².